The second-order valence-electron chi connectivity index (χ2n) is 3.83. The van der Waals surface area contributed by atoms with Crippen LogP contribution in [0.25, 0.3) is 0 Å². The molecule has 3 N–H and O–H groups in total. The highest BCUT2D eigenvalue weighted by Crippen LogP contribution is 2.16. The monoisotopic (exact) mass is 210 g/mol. The van der Waals surface area contributed by atoms with Gasteiger partial charge in [-0.15, -0.1) is 0 Å². The standard InChI is InChI=1S/C14H14N2/c1-10-6-8-11(9-7-10)14(16)12-4-2-3-5-13(12)15/h2-9,16H,15H2,1H3. The van der Waals surface area contributed by atoms with E-state index in [-0.39, 0.29) is 0 Å². The van der Waals surface area contributed by atoms with Gasteiger partial charge >= 0.3 is 0 Å². The molecule has 0 spiro atoms. The fourth-order valence-corrected chi connectivity index (χ4v) is 1.60. The van der Waals surface area contributed by atoms with Crippen molar-refractivity contribution in [2.24, 2.45) is 0 Å². The van der Waals surface area contributed by atoms with Crippen LogP contribution in [0.3, 0.4) is 0 Å². The summed E-state index contributed by atoms with van der Waals surface area (Å²) in [5.74, 6) is 0. The summed E-state index contributed by atoms with van der Waals surface area (Å²) in [5, 5.41) is 8.10. The lowest BCUT2D eigenvalue weighted by Gasteiger charge is -2.07. The number of hydrogen-bond donors (Lipinski definition) is 2. The topological polar surface area (TPSA) is 49.9 Å². The molecular formula is C14H14N2. The number of hydrogen-bond acceptors (Lipinski definition) is 2. The van der Waals surface area contributed by atoms with Gasteiger partial charge in [-0.2, -0.15) is 0 Å². The number of benzene rings is 2. The van der Waals surface area contributed by atoms with E-state index in [0.29, 0.717) is 11.4 Å². The third-order valence-electron chi connectivity index (χ3n) is 2.57. The minimum Gasteiger partial charge on any atom is -0.398 e. The third-order valence-corrected chi connectivity index (χ3v) is 2.57. The first-order valence-corrected chi connectivity index (χ1v) is 5.19. The van der Waals surface area contributed by atoms with Gasteiger partial charge in [0.1, 0.15) is 0 Å². The Labute approximate surface area is 95.2 Å². The number of nitrogens with two attached hydrogens (primary N) is 1. The van der Waals surface area contributed by atoms with Gasteiger partial charge < -0.3 is 5.73 Å². The summed E-state index contributed by atoms with van der Waals surface area (Å²) >= 11 is 0. The van der Waals surface area contributed by atoms with Crippen LogP contribution in [0.2, 0.25) is 0 Å². The van der Waals surface area contributed by atoms with Gasteiger partial charge in [-0.05, 0) is 13.0 Å². The van der Waals surface area contributed by atoms with Gasteiger partial charge in [0, 0.05) is 16.8 Å². The Kier molecular flexibility index (Phi) is 2.73. The zero-order chi connectivity index (χ0) is 11.5. The van der Waals surface area contributed by atoms with Crippen molar-refractivity contribution in [1.82, 2.24) is 0 Å². The van der Waals surface area contributed by atoms with E-state index in [0.717, 1.165) is 11.1 Å². The second-order valence-corrected chi connectivity index (χ2v) is 3.83. The number of nitrogens with one attached hydrogen (secondary N) is 1. The highest BCUT2D eigenvalue weighted by molar-refractivity contribution is 6.13. The van der Waals surface area contributed by atoms with Crippen LogP contribution in [-0.2, 0) is 0 Å². The van der Waals surface area contributed by atoms with Gasteiger partial charge in [-0.3, -0.25) is 5.41 Å². The second kappa shape index (κ2) is 4.19. The molecule has 0 radical (unpaired) electrons. The van der Waals surface area contributed by atoms with E-state index in [2.05, 4.69) is 0 Å². The molecule has 16 heavy (non-hydrogen) atoms. The third kappa shape index (κ3) is 1.96. The molecule has 2 aromatic rings. The van der Waals surface area contributed by atoms with Crippen molar-refractivity contribution >= 4 is 11.4 Å². The Morgan fingerprint density at radius 3 is 2.25 bits per heavy atom. The minimum absolute atomic E-state index is 0.470. The van der Waals surface area contributed by atoms with Gasteiger partial charge in [-0.25, -0.2) is 0 Å². The zero-order valence-corrected chi connectivity index (χ0v) is 9.20. The van der Waals surface area contributed by atoms with E-state index < -0.39 is 0 Å². The van der Waals surface area contributed by atoms with E-state index in [1.54, 1.807) is 0 Å². The molecule has 2 rings (SSSR count). The molecule has 0 aromatic heterocycles. The van der Waals surface area contributed by atoms with Crippen molar-refractivity contribution in [1.29, 1.82) is 5.41 Å². The lowest BCUT2D eigenvalue weighted by molar-refractivity contribution is 1.42. The molecule has 0 saturated heterocycles. The molecular weight excluding hydrogens is 196 g/mol. The van der Waals surface area contributed by atoms with Crippen molar-refractivity contribution in [3.05, 3.63) is 65.2 Å². The summed E-state index contributed by atoms with van der Waals surface area (Å²) in [4.78, 5) is 0. The maximum atomic E-state index is 8.10. The van der Waals surface area contributed by atoms with Crippen molar-refractivity contribution in [3.63, 3.8) is 0 Å². The predicted molar refractivity (Wildman–Crippen MR) is 68.0 cm³/mol. The first kappa shape index (κ1) is 10.4. The summed E-state index contributed by atoms with van der Waals surface area (Å²) < 4.78 is 0. The highest BCUT2D eigenvalue weighted by atomic mass is 14.6. The SMILES string of the molecule is Cc1ccc(C(=N)c2ccccc2N)cc1. The Morgan fingerprint density at radius 1 is 1.00 bits per heavy atom. The van der Waals surface area contributed by atoms with Gasteiger partial charge in [0.25, 0.3) is 0 Å². The van der Waals surface area contributed by atoms with Crippen molar-refractivity contribution < 1.29 is 0 Å². The van der Waals surface area contributed by atoms with E-state index in [1.165, 1.54) is 5.56 Å². The minimum atomic E-state index is 0.470. The highest BCUT2D eigenvalue weighted by Gasteiger charge is 2.06. The average Bonchev–Trinajstić information content (AvgIpc) is 2.30. The lowest BCUT2D eigenvalue weighted by Crippen LogP contribution is -2.04. The molecule has 0 aliphatic heterocycles. The Hall–Kier alpha value is -2.09. The van der Waals surface area contributed by atoms with Gasteiger partial charge in [0.2, 0.25) is 0 Å². The largest absolute Gasteiger partial charge is 0.398 e. The maximum Gasteiger partial charge on any atom is 0.0705 e. The molecule has 2 heteroatoms. The summed E-state index contributed by atoms with van der Waals surface area (Å²) in [6.45, 7) is 2.03. The van der Waals surface area contributed by atoms with Crippen LogP contribution in [0, 0.1) is 12.3 Å². The summed E-state index contributed by atoms with van der Waals surface area (Å²) in [6.07, 6.45) is 0. The van der Waals surface area contributed by atoms with Crippen molar-refractivity contribution in [2.45, 2.75) is 6.92 Å². The van der Waals surface area contributed by atoms with Gasteiger partial charge in [0.15, 0.2) is 0 Å². The molecule has 0 bridgehead atoms. The van der Waals surface area contributed by atoms with E-state index in [4.69, 9.17) is 11.1 Å². The van der Waals surface area contributed by atoms with Crippen LogP contribution >= 0.6 is 0 Å². The Bertz CT molecular complexity index is 513. The summed E-state index contributed by atoms with van der Waals surface area (Å²) in [7, 11) is 0. The van der Waals surface area contributed by atoms with E-state index in [1.807, 2.05) is 55.5 Å². The maximum absolute atomic E-state index is 8.10. The molecule has 2 nitrogen and oxygen atoms in total. The summed E-state index contributed by atoms with van der Waals surface area (Å²) in [6, 6.07) is 15.4. The van der Waals surface area contributed by atoms with Crippen molar-refractivity contribution in [3.8, 4) is 0 Å². The quantitative estimate of drug-likeness (QED) is 0.581. The molecule has 80 valence electrons. The van der Waals surface area contributed by atoms with Crippen LogP contribution in [0.4, 0.5) is 5.69 Å². The number of anilines is 1. The lowest BCUT2D eigenvalue weighted by atomic mass is 10.0. The van der Waals surface area contributed by atoms with Gasteiger partial charge in [-0.1, -0.05) is 48.0 Å². The number of aryl methyl sites for hydroxylation is 1. The van der Waals surface area contributed by atoms with Crippen molar-refractivity contribution in [2.75, 3.05) is 5.73 Å². The molecule has 0 saturated carbocycles. The van der Waals surface area contributed by atoms with Crippen LogP contribution < -0.4 is 5.73 Å². The Morgan fingerprint density at radius 2 is 1.62 bits per heavy atom. The van der Waals surface area contributed by atoms with Crippen LogP contribution in [-0.4, -0.2) is 5.71 Å². The molecule has 0 atom stereocenters. The predicted octanol–water partition coefficient (Wildman–Crippen LogP) is 2.99. The van der Waals surface area contributed by atoms with Crippen LogP contribution in [0.1, 0.15) is 16.7 Å². The summed E-state index contributed by atoms with van der Waals surface area (Å²) in [5.41, 5.74) is 9.83. The Balaban J connectivity index is 2.40. The van der Waals surface area contributed by atoms with Gasteiger partial charge in [0.05, 0.1) is 5.71 Å². The first-order chi connectivity index (χ1) is 7.68. The molecule has 0 aliphatic carbocycles. The smallest absolute Gasteiger partial charge is 0.0705 e. The number of para-hydroxylation sites is 1. The van der Waals surface area contributed by atoms with E-state index >= 15 is 0 Å². The molecule has 0 heterocycles. The molecule has 2 aromatic carbocycles. The normalized spacial score (nSPS) is 10.1. The zero-order valence-electron chi connectivity index (χ0n) is 9.20. The fourth-order valence-electron chi connectivity index (χ4n) is 1.60. The van der Waals surface area contributed by atoms with Crippen LogP contribution in [0.5, 0.6) is 0 Å². The van der Waals surface area contributed by atoms with E-state index in [9.17, 15) is 0 Å². The molecule has 0 unspecified atom stereocenters. The van der Waals surface area contributed by atoms with Crippen LogP contribution in [0.15, 0.2) is 48.5 Å². The number of nitrogen functional groups attached to an aromatic ring is 1. The molecule has 0 fully saturated rings. The fraction of sp³-hybridized carbons (Fsp3) is 0.0714. The average molecular weight is 210 g/mol. The number of rotatable bonds is 2. The molecule has 0 aliphatic rings. The molecule has 0 amide bonds. The first-order valence-electron chi connectivity index (χ1n) is 5.19.